The van der Waals surface area contributed by atoms with Gasteiger partial charge in [-0.15, -0.1) is 0 Å². The molecule has 1 heterocycles. The minimum Gasteiger partial charge on any atom is -0.354 e. The summed E-state index contributed by atoms with van der Waals surface area (Å²) in [6, 6.07) is 11.0. The van der Waals surface area contributed by atoms with Gasteiger partial charge in [-0.3, -0.25) is 0 Å². The van der Waals surface area contributed by atoms with Crippen LogP contribution in [-0.4, -0.2) is 4.98 Å². The molecule has 2 aromatic carbocycles. The molecule has 3 rings (SSSR count). The number of para-hydroxylation sites is 1. The van der Waals surface area contributed by atoms with Crippen molar-refractivity contribution in [2.75, 3.05) is 0 Å². The molecule has 80 valence electrons. The van der Waals surface area contributed by atoms with Gasteiger partial charge in [0.2, 0.25) is 0 Å². The Morgan fingerprint density at radius 2 is 1.56 bits per heavy atom. The Labute approximate surface area is 95.1 Å². The largest absolute Gasteiger partial charge is 0.354 e. The molecule has 0 atom stereocenters. The first-order valence-corrected chi connectivity index (χ1v) is 5.65. The first-order valence-electron chi connectivity index (χ1n) is 5.65. The fraction of sp³-hybridized carbons (Fsp3) is 0.200. The van der Waals surface area contributed by atoms with Gasteiger partial charge in [0.1, 0.15) is 0 Å². The maximum absolute atomic E-state index is 3.54. The zero-order chi connectivity index (χ0) is 11.3. The number of aromatic amines is 1. The first kappa shape index (κ1) is 9.46. The van der Waals surface area contributed by atoms with Gasteiger partial charge in [0.15, 0.2) is 0 Å². The predicted octanol–water partition coefficient (Wildman–Crippen LogP) is 4.25. The highest BCUT2D eigenvalue weighted by Crippen LogP contribution is 2.30. The lowest BCUT2D eigenvalue weighted by atomic mass is 10.1. The van der Waals surface area contributed by atoms with Crippen molar-refractivity contribution in [3.63, 3.8) is 0 Å². The summed E-state index contributed by atoms with van der Waals surface area (Å²) in [4.78, 5) is 3.54. The molecule has 0 bridgehead atoms. The van der Waals surface area contributed by atoms with Crippen molar-refractivity contribution >= 4 is 21.8 Å². The highest BCUT2D eigenvalue weighted by atomic mass is 14.7. The number of aromatic nitrogens is 1. The lowest BCUT2D eigenvalue weighted by molar-refractivity contribution is 1.39. The molecule has 0 aliphatic carbocycles. The van der Waals surface area contributed by atoms with Crippen molar-refractivity contribution in [1.29, 1.82) is 0 Å². The van der Waals surface area contributed by atoms with Crippen LogP contribution in [0, 0.1) is 20.8 Å². The van der Waals surface area contributed by atoms with E-state index >= 15 is 0 Å². The third-order valence-corrected chi connectivity index (χ3v) is 3.29. The third kappa shape index (κ3) is 1.18. The van der Waals surface area contributed by atoms with Crippen molar-refractivity contribution in [2.24, 2.45) is 0 Å². The molecule has 0 fully saturated rings. The van der Waals surface area contributed by atoms with Crippen LogP contribution in [0.5, 0.6) is 0 Å². The second kappa shape index (κ2) is 3.11. The van der Waals surface area contributed by atoms with Crippen LogP contribution in [0.3, 0.4) is 0 Å². The molecule has 0 aliphatic rings. The Hall–Kier alpha value is -1.76. The highest BCUT2D eigenvalue weighted by Gasteiger charge is 2.07. The fourth-order valence-corrected chi connectivity index (χ4v) is 2.53. The molecule has 1 aromatic heterocycles. The normalized spacial score (nSPS) is 11.4. The molecular formula is C15H15N. The van der Waals surface area contributed by atoms with Gasteiger partial charge < -0.3 is 4.98 Å². The predicted molar refractivity (Wildman–Crippen MR) is 70.0 cm³/mol. The molecule has 0 aliphatic heterocycles. The summed E-state index contributed by atoms with van der Waals surface area (Å²) in [5.74, 6) is 0. The molecule has 0 spiro atoms. The zero-order valence-corrected chi connectivity index (χ0v) is 9.89. The molecule has 3 aromatic rings. The van der Waals surface area contributed by atoms with Gasteiger partial charge in [0.25, 0.3) is 0 Å². The molecule has 0 unspecified atom stereocenters. The van der Waals surface area contributed by atoms with E-state index in [1.807, 2.05) is 0 Å². The second-order valence-electron chi connectivity index (χ2n) is 4.63. The van der Waals surface area contributed by atoms with E-state index in [4.69, 9.17) is 0 Å². The number of hydrogen-bond acceptors (Lipinski definition) is 0. The van der Waals surface area contributed by atoms with Crippen LogP contribution < -0.4 is 0 Å². The molecule has 0 saturated carbocycles. The van der Waals surface area contributed by atoms with E-state index in [1.54, 1.807) is 0 Å². The summed E-state index contributed by atoms with van der Waals surface area (Å²) in [6.07, 6.45) is 0. The molecular weight excluding hydrogens is 194 g/mol. The highest BCUT2D eigenvalue weighted by molar-refractivity contribution is 6.09. The van der Waals surface area contributed by atoms with Crippen molar-refractivity contribution < 1.29 is 0 Å². The van der Waals surface area contributed by atoms with Crippen molar-refractivity contribution in [1.82, 2.24) is 4.98 Å². The standard InChI is InChI=1S/C15H15N/c1-9-7-11(3)15-13(8-9)12-6-4-5-10(2)14(12)16-15/h4-8,16H,1-3H3. The number of hydrogen-bond donors (Lipinski definition) is 1. The summed E-state index contributed by atoms with van der Waals surface area (Å²) in [5.41, 5.74) is 6.50. The SMILES string of the molecule is Cc1cc(C)c2[nH]c3c(C)cccc3c2c1. The van der Waals surface area contributed by atoms with E-state index in [2.05, 4.69) is 56.1 Å². The van der Waals surface area contributed by atoms with Crippen LogP contribution in [0.2, 0.25) is 0 Å². The summed E-state index contributed by atoms with van der Waals surface area (Å²) >= 11 is 0. The molecule has 1 N–H and O–H groups in total. The van der Waals surface area contributed by atoms with Crippen LogP contribution in [0.25, 0.3) is 21.8 Å². The van der Waals surface area contributed by atoms with Gasteiger partial charge in [0, 0.05) is 21.8 Å². The average molecular weight is 209 g/mol. The Balaban J connectivity index is 2.61. The number of benzene rings is 2. The topological polar surface area (TPSA) is 15.8 Å². The summed E-state index contributed by atoms with van der Waals surface area (Å²) in [5, 5.41) is 2.68. The molecule has 1 nitrogen and oxygen atoms in total. The fourth-order valence-electron chi connectivity index (χ4n) is 2.53. The van der Waals surface area contributed by atoms with Gasteiger partial charge >= 0.3 is 0 Å². The van der Waals surface area contributed by atoms with Gasteiger partial charge in [-0.2, -0.15) is 0 Å². The molecule has 1 heteroatoms. The van der Waals surface area contributed by atoms with Gasteiger partial charge in [-0.05, 0) is 38.0 Å². The molecule has 0 radical (unpaired) electrons. The Morgan fingerprint density at radius 1 is 0.812 bits per heavy atom. The Morgan fingerprint density at radius 3 is 2.38 bits per heavy atom. The lowest BCUT2D eigenvalue weighted by Gasteiger charge is -1.98. The molecule has 16 heavy (non-hydrogen) atoms. The number of nitrogens with one attached hydrogen (secondary N) is 1. The smallest absolute Gasteiger partial charge is 0.0494 e. The Bertz CT molecular complexity index is 689. The maximum atomic E-state index is 3.54. The first-order chi connectivity index (χ1) is 7.66. The number of fused-ring (bicyclic) bond motifs is 3. The monoisotopic (exact) mass is 209 g/mol. The second-order valence-corrected chi connectivity index (χ2v) is 4.63. The Kier molecular flexibility index (Phi) is 1.84. The van der Waals surface area contributed by atoms with Crippen molar-refractivity contribution in [3.8, 4) is 0 Å². The molecule has 0 amide bonds. The minimum atomic E-state index is 1.27. The minimum absolute atomic E-state index is 1.27. The summed E-state index contributed by atoms with van der Waals surface area (Å²) < 4.78 is 0. The number of H-pyrrole nitrogens is 1. The van der Waals surface area contributed by atoms with Crippen LogP contribution in [0.4, 0.5) is 0 Å². The average Bonchev–Trinajstić information content (AvgIpc) is 2.59. The van der Waals surface area contributed by atoms with E-state index in [9.17, 15) is 0 Å². The van der Waals surface area contributed by atoms with Crippen molar-refractivity contribution in [3.05, 3.63) is 47.0 Å². The number of rotatable bonds is 0. The zero-order valence-electron chi connectivity index (χ0n) is 9.89. The molecule has 0 saturated heterocycles. The van der Waals surface area contributed by atoms with Gasteiger partial charge in [0.05, 0.1) is 0 Å². The van der Waals surface area contributed by atoms with E-state index in [-0.39, 0.29) is 0 Å². The third-order valence-electron chi connectivity index (χ3n) is 3.29. The summed E-state index contributed by atoms with van der Waals surface area (Å²) in [6.45, 7) is 6.47. The van der Waals surface area contributed by atoms with Crippen LogP contribution in [0.1, 0.15) is 16.7 Å². The maximum Gasteiger partial charge on any atom is 0.0494 e. The van der Waals surface area contributed by atoms with E-state index in [0.717, 1.165) is 0 Å². The lowest BCUT2D eigenvalue weighted by Crippen LogP contribution is -1.78. The van der Waals surface area contributed by atoms with Crippen molar-refractivity contribution in [2.45, 2.75) is 20.8 Å². The van der Waals surface area contributed by atoms with E-state index in [1.165, 1.54) is 38.5 Å². The van der Waals surface area contributed by atoms with Gasteiger partial charge in [-0.25, -0.2) is 0 Å². The van der Waals surface area contributed by atoms with E-state index < -0.39 is 0 Å². The van der Waals surface area contributed by atoms with Gasteiger partial charge in [-0.1, -0.05) is 29.8 Å². The van der Waals surface area contributed by atoms with E-state index in [0.29, 0.717) is 0 Å². The van der Waals surface area contributed by atoms with Crippen LogP contribution in [-0.2, 0) is 0 Å². The quantitative estimate of drug-likeness (QED) is 0.569. The van der Waals surface area contributed by atoms with Crippen LogP contribution in [0.15, 0.2) is 30.3 Å². The number of aryl methyl sites for hydroxylation is 3. The summed E-state index contributed by atoms with van der Waals surface area (Å²) in [7, 11) is 0. The van der Waals surface area contributed by atoms with Crippen LogP contribution >= 0.6 is 0 Å².